The lowest BCUT2D eigenvalue weighted by Gasteiger charge is -2.35. The second-order valence-electron chi connectivity index (χ2n) is 9.40. The fourth-order valence-electron chi connectivity index (χ4n) is 4.80. The average Bonchev–Trinajstić information content (AvgIpc) is 3.22. The third-order valence-electron chi connectivity index (χ3n) is 7.05. The summed E-state index contributed by atoms with van der Waals surface area (Å²) in [7, 11) is 2.09. The van der Waals surface area contributed by atoms with E-state index in [9.17, 15) is 0 Å². The first kappa shape index (κ1) is 21.6. The van der Waals surface area contributed by atoms with E-state index >= 15 is 0 Å². The zero-order valence-electron chi connectivity index (χ0n) is 19.7. The number of nitrogens with zero attached hydrogens (tertiary/aromatic N) is 4. The molecule has 2 aromatic rings. The maximum Gasteiger partial charge on any atom is 0.130 e. The van der Waals surface area contributed by atoms with Crippen LogP contribution in [-0.4, -0.2) is 57.2 Å². The number of rotatable bonds is 4. The second kappa shape index (κ2) is 8.98. The summed E-state index contributed by atoms with van der Waals surface area (Å²) in [6.45, 7) is 5.33. The van der Waals surface area contributed by atoms with Gasteiger partial charge >= 0.3 is 0 Å². The highest BCUT2D eigenvalue weighted by Gasteiger charge is 2.30. The molecule has 0 saturated heterocycles. The van der Waals surface area contributed by atoms with Gasteiger partial charge in [0.1, 0.15) is 5.84 Å². The number of aliphatic imine (C=N–C) groups is 1. The SMILES string of the molecule is CCN(C)C1C=C(NC2=NC(c3ccc4cn[nH]c4c3)=CN3C=CC(C)CCC23)CCC1=N. The maximum atomic E-state index is 8.41. The van der Waals surface area contributed by atoms with Gasteiger partial charge in [0.2, 0.25) is 0 Å². The van der Waals surface area contributed by atoms with Crippen LogP contribution in [0.4, 0.5) is 0 Å². The summed E-state index contributed by atoms with van der Waals surface area (Å²) in [4.78, 5) is 9.68. The Hall–Kier alpha value is -3.19. The van der Waals surface area contributed by atoms with Gasteiger partial charge in [-0.25, -0.2) is 4.99 Å². The molecule has 3 atom stereocenters. The summed E-state index contributed by atoms with van der Waals surface area (Å²) in [5.41, 5.74) is 4.98. The number of likely N-dealkylation sites (N-methyl/N-ethyl adjacent to an activating group) is 1. The zero-order chi connectivity index (χ0) is 22.9. The molecule has 0 saturated carbocycles. The fourth-order valence-corrected chi connectivity index (χ4v) is 4.80. The Morgan fingerprint density at radius 2 is 2.15 bits per heavy atom. The lowest BCUT2D eigenvalue weighted by atomic mass is 9.95. The van der Waals surface area contributed by atoms with Gasteiger partial charge in [-0.15, -0.1) is 0 Å². The van der Waals surface area contributed by atoms with Crippen molar-refractivity contribution in [1.82, 2.24) is 25.3 Å². The van der Waals surface area contributed by atoms with Gasteiger partial charge in [0.25, 0.3) is 0 Å². The third-order valence-corrected chi connectivity index (χ3v) is 7.05. The molecule has 1 aromatic carbocycles. The van der Waals surface area contributed by atoms with Crippen molar-refractivity contribution in [3.8, 4) is 0 Å². The van der Waals surface area contributed by atoms with E-state index in [0.29, 0.717) is 5.92 Å². The number of H-pyrrole nitrogens is 1. The van der Waals surface area contributed by atoms with Crippen LogP contribution in [0.1, 0.15) is 45.1 Å². The van der Waals surface area contributed by atoms with E-state index in [1.165, 1.54) is 5.70 Å². The van der Waals surface area contributed by atoms with Gasteiger partial charge < -0.3 is 15.6 Å². The van der Waals surface area contributed by atoms with Crippen molar-refractivity contribution < 1.29 is 0 Å². The van der Waals surface area contributed by atoms with Gasteiger partial charge in [-0.1, -0.05) is 32.1 Å². The number of nitrogens with one attached hydrogen (secondary N) is 3. The molecule has 0 amide bonds. The Bertz CT molecular complexity index is 1170. The van der Waals surface area contributed by atoms with E-state index < -0.39 is 0 Å². The van der Waals surface area contributed by atoms with Crippen LogP contribution in [0.5, 0.6) is 0 Å². The van der Waals surface area contributed by atoms with Gasteiger partial charge in [-0.2, -0.15) is 5.10 Å². The Morgan fingerprint density at radius 1 is 1.27 bits per heavy atom. The molecule has 1 aliphatic carbocycles. The molecule has 1 aromatic heterocycles. The van der Waals surface area contributed by atoms with E-state index in [1.54, 1.807) is 0 Å². The van der Waals surface area contributed by atoms with E-state index in [2.05, 4.69) is 89.0 Å². The zero-order valence-corrected chi connectivity index (χ0v) is 19.7. The number of hydrogen-bond donors (Lipinski definition) is 3. The number of benzene rings is 1. The average molecular weight is 444 g/mol. The molecule has 0 fully saturated rings. The molecule has 0 radical (unpaired) electrons. The highest BCUT2D eigenvalue weighted by Crippen LogP contribution is 2.30. The van der Waals surface area contributed by atoms with Crippen LogP contribution >= 0.6 is 0 Å². The number of amidine groups is 1. The molecule has 7 nitrogen and oxygen atoms in total. The molecule has 3 unspecified atom stereocenters. The van der Waals surface area contributed by atoms with Crippen molar-refractivity contribution in [3.63, 3.8) is 0 Å². The number of aromatic nitrogens is 2. The first-order valence-electron chi connectivity index (χ1n) is 12.0. The summed E-state index contributed by atoms with van der Waals surface area (Å²) < 4.78 is 0. The topological polar surface area (TPSA) is 83.4 Å². The van der Waals surface area contributed by atoms with Crippen molar-refractivity contribution in [2.75, 3.05) is 13.6 Å². The molecule has 3 heterocycles. The summed E-state index contributed by atoms with van der Waals surface area (Å²) in [5.74, 6) is 1.54. The second-order valence-corrected chi connectivity index (χ2v) is 9.40. The minimum Gasteiger partial charge on any atom is -0.346 e. The van der Waals surface area contributed by atoms with Crippen LogP contribution in [0.25, 0.3) is 16.6 Å². The Kier molecular flexibility index (Phi) is 5.89. The van der Waals surface area contributed by atoms with Crippen LogP contribution in [0.2, 0.25) is 0 Å². The van der Waals surface area contributed by atoms with E-state index in [4.69, 9.17) is 10.4 Å². The molecular weight excluding hydrogens is 410 g/mol. The summed E-state index contributed by atoms with van der Waals surface area (Å²) in [5, 5.41) is 20.4. The summed E-state index contributed by atoms with van der Waals surface area (Å²) in [6.07, 6.45) is 14.5. The predicted molar refractivity (Wildman–Crippen MR) is 135 cm³/mol. The van der Waals surface area contributed by atoms with Gasteiger partial charge in [0.05, 0.1) is 29.5 Å². The third kappa shape index (κ3) is 4.37. The highest BCUT2D eigenvalue weighted by atomic mass is 15.2. The van der Waals surface area contributed by atoms with Gasteiger partial charge in [0, 0.05) is 34.8 Å². The number of fused-ring (bicyclic) bond motifs is 2. The minimum atomic E-state index is 0.0541. The lowest BCUT2D eigenvalue weighted by molar-refractivity contribution is 0.342. The number of allylic oxidation sites excluding steroid dienone is 2. The normalized spacial score (nSPS) is 25.5. The largest absolute Gasteiger partial charge is 0.346 e. The molecule has 33 heavy (non-hydrogen) atoms. The smallest absolute Gasteiger partial charge is 0.130 e. The van der Waals surface area contributed by atoms with E-state index in [0.717, 1.165) is 65.9 Å². The molecule has 2 aliphatic heterocycles. The van der Waals surface area contributed by atoms with Crippen LogP contribution < -0.4 is 5.32 Å². The van der Waals surface area contributed by atoms with Crippen molar-refractivity contribution in [3.05, 3.63) is 60.2 Å². The molecule has 0 bridgehead atoms. The first-order valence-corrected chi connectivity index (χ1v) is 12.0. The number of aromatic amines is 1. The minimum absolute atomic E-state index is 0.0541. The predicted octanol–water partition coefficient (Wildman–Crippen LogP) is 4.49. The quantitative estimate of drug-likeness (QED) is 0.650. The Morgan fingerprint density at radius 3 is 3.00 bits per heavy atom. The van der Waals surface area contributed by atoms with Crippen molar-refractivity contribution in [2.24, 2.45) is 10.9 Å². The van der Waals surface area contributed by atoms with Gasteiger partial charge in [-0.3, -0.25) is 10.00 Å². The number of hydrogen-bond acceptors (Lipinski definition) is 6. The van der Waals surface area contributed by atoms with E-state index in [-0.39, 0.29) is 12.1 Å². The van der Waals surface area contributed by atoms with Crippen LogP contribution in [0, 0.1) is 11.3 Å². The Labute approximate surface area is 195 Å². The van der Waals surface area contributed by atoms with Crippen molar-refractivity contribution in [2.45, 2.75) is 51.6 Å². The van der Waals surface area contributed by atoms with Gasteiger partial charge in [-0.05, 0) is 57.3 Å². The van der Waals surface area contributed by atoms with Crippen LogP contribution in [0.15, 0.2) is 59.6 Å². The summed E-state index contributed by atoms with van der Waals surface area (Å²) >= 11 is 0. The maximum absolute atomic E-state index is 8.41. The first-order chi connectivity index (χ1) is 16.0. The van der Waals surface area contributed by atoms with Crippen molar-refractivity contribution >= 4 is 28.1 Å². The van der Waals surface area contributed by atoms with E-state index in [1.807, 2.05) is 6.20 Å². The molecule has 3 aliphatic rings. The molecule has 5 rings (SSSR count). The molecular formula is C26H33N7. The fraction of sp³-hybridized carbons (Fsp3) is 0.423. The molecule has 3 N–H and O–H groups in total. The Balaban J connectivity index is 1.50. The van der Waals surface area contributed by atoms with Crippen LogP contribution in [-0.2, 0) is 0 Å². The molecule has 7 heteroatoms. The molecule has 0 spiro atoms. The van der Waals surface area contributed by atoms with Gasteiger partial charge in [0.15, 0.2) is 0 Å². The highest BCUT2D eigenvalue weighted by molar-refractivity contribution is 5.97. The van der Waals surface area contributed by atoms with Crippen molar-refractivity contribution in [1.29, 1.82) is 5.41 Å². The monoisotopic (exact) mass is 443 g/mol. The summed E-state index contributed by atoms with van der Waals surface area (Å²) in [6, 6.07) is 6.56. The lowest BCUT2D eigenvalue weighted by Crippen LogP contribution is -2.46. The molecule has 172 valence electrons. The van der Waals surface area contributed by atoms with Crippen LogP contribution in [0.3, 0.4) is 0 Å². The standard InChI is InChI=1S/C26H33N7/c1-4-32(3)25-14-20(8-9-21(25)27)29-26-24-10-5-17(2)11-12-33(24)16-23(30-26)18-6-7-19-15-28-31-22(19)13-18/h6-7,11-17,24-25,27H,4-5,8-10H2,1-3H3,(H,28,31)(H,29,30).